The zero-order valence-electron chi connectivity index (χ0n) is 9.60. The molecule has 16 heavy (non-hydrogen) atoms. The lowest BCUT2D eigenvalue weighted by atomic mass is 10.2. The molecule has 3 nitrogen and oxygen atoms in total. The fourth-order valence-electron chi connectivity index (χ4n) is 2.24. The van der Waals surface area contributed by atoms with E-state index in [0.29, 0.717) is 6.04 Å². The van der Waals surface area contributed by atoms with Gasteiger partial charge in [0.2, 0.25) is 0 Å². The van der Waals surface area contributed by atoms with Gasteiger partial charge in [-0.1, -0.05) is 0 Å². The first-order chi connectivity index (χ1) is 7.75. The lowest BCUT2D eigenvalue weighted by molar-refractivity contribution is 0.604. The molecule has 0 atom stereocenters. The molecule has 0 unspecified atom stereocenters. The highest BCUT2D eigenvalue weighted by molar-refractivity contribution is 7.15. The number of hydrogen-bond acceptors (Lipinski definition) is 3. The smallest absolute Gasteiger partial charge is 0.174 e. The van der Waals surface area contributed by atoms with Crippen LogP contribution < -0.4 is 0 Å². The molecule has 0 N–H and O–H groups in total. The van der Waals surface area contributed by atoms with Crippen molar-refractivity contribution >= 4 is 11.3 Å². The van der Waals surface area contributed by atoms with E-state index in [9.17, 15) is 0 Å². The molecule has 3 rings (SSSR count). The Morgan fingerprint density at radius 2 is 2.25 bits per heavy atom. The molecule has 1 aliphatic rings. The Balaban J connectivity index is 2.05. The average Bonchev–Trinajstić information content (AvgIpc) is 2.91. The third-order valence-corrected chi connectivity index (χ3v) is 4.33. The first kappa shape index (κ1) is 10.0. The molecule has 4 heteroatoms. The van der Waals surface area contributed by atoms with E-state index in [2.05, 4.69) is 34.7 Å². The Morgan fingerprint density at radius 1 is 1.38 bits per heavy atom. The maximum Gasteiger partial charge on any atom is 0.174 e. The molecule has 0 aromatic carbocycles. The van der Waals surface area contributed by atoms with E-state index in [1.807, 2.05) is 17.7 Å². The minimum Gasteiger partial charge on any atom is -0.310 e. The Labute approximate surface area is 99.1 Å². The number of fused-ring (bicyclic) bond motifs is 1. The predicted octanol–water partition coefficient (Wildman–Crippen LogP) is 3.08. The summed E-state index contributed by atoms with van der Waals surface area (Å²) in [6.45, 7) is 4.32. The number of rotatable bonds is 2. The molecule has 0 bridgehead atoms. The molecule has 0 spiro atoms. The quantitative estimate of drug-likeness (QED) is 0.798. The van der Waals surface area contributed by atoms with Gasteiger partial charge in [0, 0.05) is 10.9 Å². The maximum absolute atomic E-state index is 4.24. The van der Waals surface area contributed by atoms with E-state index in [4.69, 9.17) is 0 Å². The predicted molar refractivity (Wildman–Crippen MR) is 65.7 cm³/mol. The molecular formula is C12H15N3S. The second kappa shape index (κ2) is 3.70. The number of thiophene rings is 1. The number of aromatic nitrogens is 3. The van der Waals surface area contributed by atoms with E-state index < -0.39 is 0 Å². The van der Waals surface area contributed by atoms with Crippen molar-refractivity contribution in [3.8, 4) is 10.7 Å². The van der Waals surface area contributed by atoms with Crippen LogP contribution in [0.25, 0.3) is 10.7 Å². The Bertz CT molecular complexity index is 489. The minimum atomic E-state index is 0.418. The molecule has 0 saturated carbocycles. The molecule has 2 aromatic rings. The van der Waals surface area contributed by atoms with Crippen molar-refractivity contribution in [2.75, 3.05) is 0 Å². The maximum atomic E-state index is 4.24. The molecular weight excluding hydrogens is 218 g/mol. The highest BCUT2D eigenvalue weighted by Gasteiger charge is 2.18. The first-order valence-electron chi connectivity index (χ1n) is 5.77. The van der Waals surface area contributed by atoms with Crippen LogP contribution in [0.3, 0.4) is 0 Å². The van der Waals surface area contributed by atoms with Crippen LogP contribution in [0, 0.1) is 0 Å². The van der Waals surface area contributed by atoms with Gasteiger partial charge in [0.25, 0.3) is 0 Å². The summed E-state index contributed by atoms with van der Waals surface area (Å²) in [4.78, 5) is 2.82. The summed E-state index contributed by atoms with van der Waals surface area (Å²) in [5, 5.41) is 8.27. The van der Waals surface area contributed by atoms with E-state index in [0.717, 1.165) is 5.82 Å². The number of nitrogens with zero attached hydrogens (tertiary/aromatic N) is 3. The van der Waals surface area contributed by atoms with Gasteiger partial charge in [0.1, 0.15) is 6.33 Å². The van der Waals surface area contributed by atoms with Crippen molar-refractivity contribution in [1.82, 2.24) is 14.8 Å². The second-order valence-corrected chi connectivity index (χ2v) is 5.70. The van der Waals surface area contributed by atoms with Gasteiger partial charge in [-0.15, -0.1) is 21.5 Å². The van der Waals surface area contributed by atoms with Crippen LogP contribution >= 0.6 is 11.3 Å². The Morgan fingerprint density at radius 3 is 3.00 bits per heavy atom. The van der Waals surface area contributed by atoms with Crippen LogP contribution in [0.5, 0.6) is 0 Å². The van der Waals surface area contributed by atoms with Gasteiger partial charge in [-0.2, -0.15) is 0 Å². The van der Waals surface area contributed by atoms with Gasteiger partial charge in [-0.25, -0.2) is 0 Å². The van der Waals surface area contributed by atoms with Crippen LogP contribution in [0.2, 0.25) is 0 Å². The third-order valence-electron chi connectivity index (χ3n) is 3.10. The molecule has 2 heterocycles. The molecule has 0 fully saturated rings. The zero-order valence-corrected chi connectivity index (χ0v) is 10.4. The summed E-state index contributed by atoms with van der Waals surface area (Å²) in [6.07, 6.45) is 5.63. The van der Waals surface area contributed by atoms with Gasteiger partial charge in [-0.05, 0) is 44.7 Å². The van der Waals surface area contributed by atoms with Gasteiger partial charge in [-0.3, -0.25) is 0 Å². The van der Waals surface area contributed by atoms with Gasteiger partial charge in [0.05, 0.1) is 4.88 Å². The summed E-state index contributed by atoms with van der Waals surface area (Å²) in [5.41, 5.74) is 1.53. The number of hydrogen-bond donors (Lipinski definition) is 0. The molecule has 0 aliphatic heterocycles. The van der Waals surface area contributed by atoms with Crippen molar-refractivity contribution in [3.05, 3.63) is 22.8 Å². The van der Waals surface area contributed by atoms with Crippen LogP contribution in [-0.4, -0.2) is 14.8 Å². The lowest BCUT2D eigenvalue weighted by Crippen LogP contribution is -2.00. The summed E-state index contributed by atoms with van der Waals surface area (Å²) in [7, 11) is 0. The molecule has 1 aliphatic carbocycles. The fourth-order valence-corrected chi connectivity index (χ4v) is 3.48. The first-order valence-corrected chi connectivity index (χ1v) is 6.59. The second-order valence-electron chi connectivity index (χ2n) is 4.57. The molecule has 84 valence electrons. The van der Waals surface area contributed by atoms with E-state index in [-0.39, 0.29) is 0 Å². The summed E-state index contributed by atoms with van der Waals surface area (Å²) >= 11 is 1.89. The number of aryl methyl sites for hydroxylation is 2. The van der Waals surface area contributed by atoms with Crippen molar-refractivity contribution < 1.29 is 0 Å². The standard InChI is InChI=1S/C12H15N3S/c1-8(2)15-7-13-14-12(15)11-6-9-4-3-5-10(9)16-11/h6-8H,3-5H2,1-2H3. The van der Waals surface area contributed by atoms with Crippen LogP contribution in [0.15, 0.2) is 12.4 Å². The largest absolute Gasteiger partial charge is 0.310 e. The highest BCUT2D eigenvalue weighted by atomic mass is 32.1. The van der Waals surface area contributed by atoms with E-state index in [1.54, 1.807) is 4.88 Å². The summed E-state index contributed by atoms with van der Waals surface area (Å²) < 4.78 is 2.14. The Hall–Kier alpha value is -1.16. The van der Waals surface area contributed by atoms with E-state index in [1.165, 1.54) is 29.7 Å². The summed E-state index contributed by atoms with van der Waals surface area (Å²) in [5.74, 6) is 1.02. The van der Waals surface area contributed by atoms with Gasteiger partial charge in [0.15, 0.2) is 5.82 Å². The molecule has 2 aromatic heterocycles. The van der Waals surface area contributed by atoms with Crippen molar-refractivity contribution in [1.29, 1.82) is 0 Å². The monoisotopic (exact) mass is 233 g/mol. The minimum absolute atomic E-state index is 0.418. The van der Waals surface area contributed by atoms with Gasteiger partial charge >= 0.3 is 0 Å². The summed E-state index contributed by atoms with van der Waals surface area (Å²) in [6, 6.07) is 2.72. The van der Waals surface area contributed by atoms with E-state index >= 15 is 0 Å². The Kier molecular flexibility index (Phi) is 2.32. The van der Waals surface area contributed by atoms with Crippen LogP contribution in [-0.2, 0) is 12.8 Å². The van der Waals surface area contributed by atoms with Crippen molar-refractivity contribution in [3.63, 3.8) is 0 Å². The highest BCUT2D eigenvalue weighted by Crippen LogP contribution is 2.36. The fraction of sp³-hybridized carbons (Fsp3) is 0.500. The van der Waals surface area contributed by atoms with Crippen molar-refractivity contribution in [2.45, 2.75) is 39.2 Å². The topological polar surface area (TPSA) is 30.7 Å². The molecule has 0 radical (unpaired) electrons. The molecule has 0 saturated heterocycles. The van der Waals surface area contributed by atoms with Gasteiger partial charge < -0.3 is 4.57 Å². The van der Waals surface area contributed by atoms with Crippen LogP contribution in [0.4, 0.5) is 0 Å². The lowest BCUT2D eigenvalue weighted by Gasteiger charge is -2.08. The SMILES string of the molecule is CC(C)n1cnnc1-c1cc2c(s1)CCC2. The van der Waals surface area contributed by atoms with Crippen LogP contribution in [0.1, 0.15) is 36.8 Å². The normalized spacial score (nSPS) is 14.7. The van der Waals surface area contributed by atoms with Crippen molar-refractivity contribution in [2.24, 2.45) is 0 Å². The average molecular weight is 233 g/mol. The molecule has 0 amide bonds. The zero-order chi connectivity index (χ0) is 11.1. The third kappa shape index (κ3) is 1.48.